The van der Waals surface area contributed by atoms with Crippen molar-refractivity contribution in [2.24, 2.45) is 13.0 Å². The number of rotatable bonds is 5. The van der Waals surface area contributed by atoms with Gasteiger partial charge in [-0.3, -0.25) is 14.6 Å². The topological polar surface area (TPSA) is 44.6 Å². The summed E-state index contributed by atoms with van der Waals surface area (Å²) in [7, 11) is 2.10. The molecule has 0 bridgehead atoms. The zero-order valence-corrected chi connectivity index (χ0v) is 19.0. The molecule has 2 aromatic carbocycles. The fourth-order valence-electron chi connectivity index (χ4n) is 5.10. The molecule has 6 heteroatoms. The molecular formula is C26H33N5O. The maximum Gasteiger partial charge on any atom is 0.225 e. The number of carbonyl (C=O) groups excluding carboxylic acids is 1. The van der Waals surface area contributed by atoms with E-state index in [0.717, 1.165) is 76.5 Å². The summed E-state index contributed by atoms with van der Waals surface area (Å²) in [4.78, 5) is 24.9. The Hall–Kier alpha value is -2.70. The van der Waals surface area contributed by atoms with Crippen LogP contribution in [0.3, 0.4) is 0 Å². The number of benzene rings is 2. The maximum atomic E-state index is 13.1. The van der Waals surface area contributed by atoms with Crippen molar-refractivity contribution in [3.8, 4) is 0 Å². The summed E-state index contributed by atoms with van der Waals surface area (Å²) < 4.78 is 2.20. The lowest BCUT2D eigenvalue weighted by Gasteiger charge is -2.38. The predicted octanol–water partition coefficient (Wildman–Crippen LogP) is 3.13. The van der Waals surface area contributed by atoms with Crippen molar-refractivity contribution in [1.82, 2.24) is 24.3 Å². The van der Waals surface area contributed by atoms with Crippen LogP contribution in [0.4, 0.5) is 0 Å². The van der Waals surface area contributed by atoms with Crippen molar-refractivity contribution in [3.05, 3.63) is 66.0 Å². The summed E-state index contributed by atoms with van der Waals surface area (Å²) in [6.45, 7) is 7.39. The quantitative estimate of drug-likeness (QED) is 0.623. The van der Waals surface area contributed by atoms with Gasteiger partial charge in [0.15, 0.2) is 0 Å². The molecule has 2 fully saturated rings. The fourth-order valence-corrected chi connectivity index (χ4v) is 5.10. The second kappa shape index (κ2) is 9.43. The number of carbonyl (C=O) groups is 1. The summed E-state index contributed by atoms with van der Waals surface area (Å²) >= 11 is 0. The first-order valence-electron chi connectivity index (χ1n) is 11.8. The highest BCUT2D eigenvalue weighted by Crippen LogP contribution is 2.23. The standard InChI is InChI=1S/C26H33N5O/c1-28-24-10-6-5-9-23(24)27-25(28)20-29-13-11-22(12-14-29)26(32)31-17-15-30(16-18-31)19-21-7-3-2-4-8-21/h2-10,22H,11-20H2,1H3. The second-order valence-corrected chi connectivity index (χ2v) is 9.21. The van der Waals surface area contributed by atoms with Gasteiger partial charge in [0, 0.05) is 45.7 Å². The van der Waals surface area contributed by atoms with Crippen molar-refractivity contribution in [3.63, 3.8) is 0 Å². The summed E-state index contributed by atoms with van der Waals surface area (Å²) in [5.74, 6) is 1.64. The Kier molecular flexibility index (Phi) is 6.23. The van der Waals surface area contributed by atoms with Crippen molar-refractivity contribution in [2.75, 3.05) is 39.3 Å². The molecule has 1 amide bonds. The fraction of sp³-hybridized carbons (Fsp3) is 0.462. The van der Waals surface area contributed by atoms with Crippen molar-refractivity contribution < 1.29 is 4.79 Å². The average molecular weight is 432 g/mol. The summed E-state index contributed by atoms with van der Waals surface area (Å²) in [6.07, 6.45) is 1.90. The molecule has 0 radical (unpaired) electrons. The lowest BCUT2D eigenvalue weighted by atomic mass is 9.95. The van der Waals surface area contributed by atoms with Gasteiger partial charge in [0.2, 0.25) is 5.91 Å². The number of nitrogens with zero attached hydrogens (tertiary/aromatic N) is 5. The van der Waals surface area contributed by atoms with E-state index in [0.29, 0.717) is 5.91 Å². The highest BCUT2D eigenvalue weighted by molar-refractivity contribution is 5.79. The Labute approximate surface area is 190 Å². The van der Waals surface area contributed by atoms with Crippen LogP contribution in [0.1, 0.15) is 24.2 Å². The number of hydrogen-bond donors (Lipinski definition) is 0. The molecule has 5 rings (SSSR count). The van der Waals surface area contributed by atoms with Crippen molar-refractivity contribution in [2.45, 2.75) is 25.9 Å². The average Bonchev–Trinajstić information content (AvgIpc) is 3.15. The van der Waals surface area contributed by atoms with Gasteiger partial charge in [-0.1, -0.05) is 42.5 Å². The molecule has 3 aromatic rings. The Morgan fingerprint density at radius 1 is 0.844 bits per heavy atom. The molecule has 0 atom stereocenters. The SMILES string of the molecule is Cn1c(CN2CCC(C(=O)N3CCN(Cc4ccccc4)CC3)CC2)nc2ccccc21. The van der Waals surface area contributed by atoms with Gasteiger partial charge in [-0.15, -0.1) is 0 Å². The van der Waals surface area contributed by atoms with Crippen LogP contribution in [0.5, 0.6) is 0 Å². The largest absolute Gasteiger partial charge is 0.340 e. The van der Waals surface area contributed by atoms with Gasteiger partial charge in [-0.2, -0.15) is 0 Å². The van der Waals surface area contributed by atoms with Gasteiger partial charge in [0.1, 0.15) is 5.82 Å². The van der Waals surface area contributed by atoms with Gasteiger partial charge in [0.05, 0.1) is 17.6 Å². The van der Waals surface area contributed by atoms with Gasteiger partial charge < -0.3 is 9.47 Å². The molecular weight excluding hydrogens is 398 g/mol. The maximum absolute atomic E-state index is 13.1. The number of hydrogen-bond acceptors (Lipinski definition) is 4. The lowest BCUT2D eigenvalue weighted by Crippen LogP contribution is -2.51. The van der Waals surface area contributed by atoms with E-state index in [2.05, 4.69) is 74.8 Å². The van der Waals surface area contributed by atoms with Crippen LogP contribution < -0.4 is 0 Å². The third kappa shape index (κ3) is 4.57. The molecule has 0 spiro atoms. The van der Waals surface area contributed by atoms with Gasteiger partial charge >= 0.3 is 0 Å². The molecule has 2 saturated heterocycles. The Morgan fingerprint density at radius 2 is 1.50 bits per heavy atom. The minimum atomic E-state index is 0.173. The Bertz CT molecular complexity index is 1050. The molecule has 0 aliphatic carbocycles. The van der Waals surface area contributed by atoms with Crippen molar-refractivity contribution >= 4 is 16.9 Å². The number of aryl methyl sites for hydroxylation is 1. The monoisotopic (exact) mass is 431 g/mol. The minimum Gasteiger partial charge on any atom is -0.340 e. The van der Waals surface area contributed by atoms with Crippen LogP contribution in [0.15, 0.2) is 54.6 Å². The number of fused-ring (bicyclic) bond motifs is 1. The minimum absolute atomic E-state index is 0.173. The number of piperazine rings is 1. The summed E-state index contributed by atoms with van der Waals surface area (Å²) in [5, 5.41) is 0. The van der Waals surface area contributed by atoms with E-state index in [4.69, 9.17) is 4.98 Å². The van der Waals surface area contributed by atoms with Gasteiger partial charge in [-0.05, 0) is 43.6 Å². The van der Waals surface area contributed by atoms with Crippen LogP contribution >= 0.6 is 0 Å². The first kappa shape index (κ1) is 21.2. The molecule has 0 unspecified atom stereocenters. The highest BCUT2D eigenvalue weighted by atomic mass is 16.2. The molecule has 3 heterocycles. The van der Waals surface area contributed by atoms with Crippen molar-refractivity contribution in [1.29, 1.82) is 0 Å². The van der Waals surface area contributed by atoms with Gasteiger partial charge in [-0.25, -0.2) is 4.98 Å². The van der Waals surface area contributed by atoms with Crippen LogP contribution in [-0.4, -0.2) is 69.4 Å². The van der Waals surface area contributed by atoms with E-state index >= 15 is 0 Å². The molecule has 1 aromatic heterocycles. The molecule has 0 saturated carbocycles. The lowest BCUT2D eigenvalue weighted by molar-refractivity contribution is -0.139. The molecule has 2 aliphatic heterocycles. The first-order valence-corrected chi connectivity index (χ1v) is 11.8. The van der Waals surface area contributed by atoms with Crippen LogP contribution in [0.2, 0.25) is 0 Å². The second-order valence-electron chi connectivity index (χ2n) is 9.21. The first-order chi connectivity index (χ1) is 15.7. The van der Waals surface area contributed by atoms with Crippen LogP contribution in [-0.2, 0) is 24.9 Å². The zero-order chi connectivity index (χ0) is 21.9. The smallest absolute Gasteiger partial charge is 0.225 e. The van der Waals surface area contributed by atoms with E-state index in [9.17, 15) is 4.79 Å². The third-order valence-electron chi connectivity index (χ3n) is 7.11. The van der Waals surface area contributed by atoms with E-state index < -0.39 is 0 Å². The summed E-state index contributed by atoms with van der Waals surface area (Å²) in [6, 6.07) is 18.9. The van der Waals surface area contributed by atoms with E-state index in [1.807, 2.05) is 6.07 Å². The van der Waals surface area contributed by atoms with Crippen LogP contribution in [0, 0.1) is 5.92 Å². The molecule has 0 N–H and O–H groups in total. The highest BCUT2D eigenvalue weighted by Gasteiger charge is 2.30. The summed E-state index contributed by atoms with van der Waals surface area (Å²) in [5.41, 5.74) is 3.58. The van der Waals surface area contributed by atoms with E-state index in [1.54, 1.807) is 0 Å². The number of piperidine rings is 1. The third-order valence-corrected chi connectivity index (χ3v) is 7.11. The van der Waals surface area contributed by atoms with Crippen LogP contribution in [0.25, 0.3) is 11.0 Å². The number of likely N-dealkylation sites (tertiary alicyclic amines) is 1. The number of para-hydroxylation sites is 2. The predicted molar refractivity (Wildman–Crippen MR) is 127 cm³/mol. The number of aromatic nitrogens is 2. The zero-order valence-electron chi connectivity index (χ0n) is 19.0. The molecule has 2 aliphatic rings. The van der Waals surface area contributed by atoms with E-state index in [1.165, 1.54) is 11.1 Å². The normalized spacial score (nSPS) is 19.0. The van der Waals surface area contributed by atoms with Gasteiger partial charge in [0.25, 0.3) is 0 Å². The molecule has 168 valence electrons. The molecule has 32 heavy (non-hydrogen) atoms. The Balaban J connectivity index is 1.10. The van der Waals surface area contributed by atoms with E-state index in [-0.39, 0.29) is 5.92 Å². The number of imidazole rings is 1. The Morgan fingerprint density at radius 3 is 2.22 bits per heavy atom. The molecule has 6 nitrogen and oxygen atoms in total. The number of amides is 1.